The first-order valence-electron chi connectivity index (χ1n) is 6.78. The van der Waals surface area contributed by atoms with Crippen LogP contribution in [-0.2, 0) is 4.79 Å². The lowest BCUT2D eigenvalue weighted by Crippen LogP contribution is -2.07. The number of halogens is 2. The average molecular weight is 334 g/mol. The number of carboxylic acids is 1. The molecule has 2 N–H and O–H groups in total. The van der Waals surface area contributed by atoms with Crippen LogP contribution in [0, 0.1) is 0 Å². The van der Waals surface area contributed by atoms with Crippen molar-refractivity contribution in [3.8, 4) is 0 Å². The third-order valence-electron chi connectivity index (χ3n) is 3.68. The molecule has 112 valence electrons. The summed E-state index contributed by atoms with van der Waals surface area (Å²) in [5.74, 6) is -1.15. The number of fused-ring (bicyclic) bond motifs is 1. The van der Waals surface area contributed by atoms with Crippen LogP contribution in [0.2, 0.25) is 10.0 Å². The van der Waals surface area contributed by atoms with E-state index in [1.54, 1.807) is 18.2 Å². The molecule has 0 saturated carbocycles. The maximum atomic E-state index is 11.3. The summed E-state index contributed by atoms with van der Waals surface area (Å²) in [5, 5.41) is 11.4. The number of H-pyrrole nitrogens is 1. The Morgan fingerprint density at radius 2 is 1.91 bits per heavy atom. The van der Waals surface area contributed by atoms with Gasteiger partial charge in [-0.05, 0) is 41.5 Å². The quantitative estimate of drug-likeness (QED) is 0.699. The zero-order chi connectivity index (χ0) is 15.7. The van der Waals surface area contributed by atoms with E-state index in [-0.39, 0.29) is 12.3 Å². The summed E-state index contributed by atoms with van der Waals surface area (Å²) in [6.07, 6.45) is 1.83. The van der Waals surface area contributed by atoms with Crippen molar-refractivity contribution >= 4 is 40.1 Å². The van der Waals surface area contributed by atoms with Gasteiger partial charge in [0.15, 0.2) is 0 Å². The minimum absolute atomic E-state index is 0.0141. The lowest BCUT2D eigenvalue weighted by molar-refractivity contribution is -0.137. The number of carboxylic acid groups (broad SMARTS) is 1. The summed E-state index contributed by atoms with van der Waals surface area (Å²) in [7, 11) is 0. The molecule has 22 heavy (non-hydrogen) atoms. The molecule has 3 rings (SSSR count). The molecule has 0 aliphatic carbocycles. The van der Waals surface area contributed by atoms with E-state index in [4.69, 9.17) is 23.2 Å². The van der Waals surface area contributed by atoms with Crippen LogP contribution < -0.4 is 0 Å². The van der Waals surface area contributed by atoms with Crippen LogP contribution in [-0.4, -0.2) is 16.1 Å². The van der Waals surface area contributed by atoms with Crippen LogP contribution in [0.5, 0.6) is 0 Å². The van der Waals surface area contributed by atoms with Gasteiger partial charge in [0.05, 0.1) is 6.42 Å². The number of rotatable bonds is 4. The van der Waals surface area contributed by atoms with Gasteiger partial charge in [-0.3, -0.25) is 4.79 Å². The van der Waals surface area contributed by atoms with Crippen molar-refractivity contribution in [1.82, 2.24) is 4.98 Å². The topological polar surface area (TPSA) is 53.1 Å². The molecule has 1 heterocycles. The molecule has 5 heteroatoms. The van der Waals surface area contributed by atoms with Gasteiger partial charge >= 0.3 is 5.97 Å². The van der Waals surface area contributed by atoms with Gasteiger partial charge in [0.25, 0.3) is 0 Å². The zero-order valence-electron chi connectivity index (χ0n) is 11.5. The highest BCUT2D eigenvalue weighted by Crippen LogP contribution is 2.35. The summed E-state index contributed by atoms with van der Waals surface area (Å²) >= 11 is 12.1. The second-order valence-electron chi connectivity index (χ2n) is 5.14. The minimum atomic E-state index is -0.860. The smallest absolute Gasteiger partial charge is 0.304 e. The van der Waals surface area contributed by atoms with Gasteiger partial charge in [-0.1, -0.05) is 35.3 Å². The fraction of sp³-hybridized carbons (Fsp3) is 0.118. The second-order valence-corrected chi connectivity index (χ2v) is 6.01. The van der Waals surface area contributed by atoms with E-state index in [1.807, 2.05) is 30.5 Å². The van der Waals surface area contributed by atoms with Gasteiger partial charge < -0.3 is 10.1 Å². The molecule has 0 aliphatic rings. The minimum Gasteiger partial charge on any atom is -0.481 e. The Bertz CT molecular complexity index is 842. The van der Waals surface area contributed by atoms with Crippen LogP contribution >= 0.6 is 23.2 Å². The van der Waals surface area contributed by atoms with E-state index < -0.39 is 5.97 Å². The van der Waals surface area contributed by atoms with E-state index in [0.29, 0.717) is 10.0 Å². The Balaban J connectivity index is 2.15. The third kappa shape index (κ3) is 2.96. The SMILES string of the molecule is O=C(O)C[C@@H](c1cccc(Cl)c1)c1c[nH]c2ccc(Cl)cc12. The van der Waals surface area contributed by atoms with Gasteiger partial charge in [-0.2, -0.15) is 0 Å². The van der Waals surface area contributed by atoms with Crippen molar-refractivity contribution in [3.63, 3.8) is 0 Å². The summed E-state index contributed by atoms with van der Waals surface area (Å²) < 4.78 is 0. The molecule has 0 fully saturated rings. The molecule has 3 aromatic rings. The van der Waals surface area contributed by atoms with Crippen molar-refractivity contribution in [2.45, 2.75) is 12.3 Å². The Morgan fingerprint density at radius 3 is 2.64 bits per heavy atom. The van der Waals surface area contributed by atoms with Crippen LogP contribution in [0.4, 0.5) is 0 Å². The Labute approximate surface area is 137 Å². The first-order valence-corrected chi connectivity index (χ1v) is 7.54. The van der Waals surface area contributed by atoms with Gasteiger partial charge in [0.2, 0.25) is 0 Å². The monoisotopic (exact) mass is 333 g/mol. The van der Waals surface area contributed by atoms with Gasteiger partial charge in [0.1, 0.15) is 0 Å². The van der Waals surface area contributed by atoms with Gasteiger partial charge in [0, 0.05) is 33.1 Å². The molecule has 3 nitrogen and oxygen atoms in total. The van der Waals surface area contributed by atoms with Crippen molar-refractivity contribution in [2.24, 2.45) is 0 Å². The largest absolute Gasteiger partial charge is 0.481 e. The van der Waals surface area contributed by atoms with Crippen LogP contribution in [0.15, 0.2) is 48.7 Å². The molecule has 0 spiro atoms. The maximum Gasteiger partial charge on any atom is 0.304 e. The highest BCUT2D eigenvalue weighted by molar-refractivity contribution is 6.31. The normalized spacial score (nSPS) is 12.5. The molecule has 0 amide bonds. The van der Waals surface area contributed by atoms with Gasteiger partial charge in [-0.25, -0.2) is 0 Å². The molecule has 2 aromatic carbocycles. The van der Waals surface area contributed by atoms with Crippen LogP contribution in [0.3, 0.4) is 0 Å². The fourth-order valence-corrected chi connectivity index (χ4v) is 3.08. The predicted molar refractivity (Wildman–Crippen MR) is 88.9 cm³/mol. The van der Waals surface area contributed by atoms with E-state index in [9.17, 15) is 9.90 Å². The number of hydrogen-bond donors (Lipinski definition) is 2. The fourth-order valence-electron chi connectivity index (χ4n) is 2.71. The molecular weight excluding hydrogens is 321 g/mol. The van der Waals surface area contributed by atoms with Crippen LogP contribution in [0.1, 0.15) is 23.5 Å². The van der Waals surface area contributed by atoms with E-state index >= 15 is 0 Å². The molecular formula is C17H13Cl2NO2. The average Bonchev–Trinajstić information content (AvgIpc) is 2.87. The van der Waals surface area contributed by atoms with Crippen molar-refractivity contribution in [2.75, 3.05) is 0 Å². The molecule has 1 atom stereocenters. The summed E-state index contributed by atoms with van der Waals surface area (Å²) in [4.78, 5) is 14.5. The van der Waals surface area contributed by atoms with Crippen molar-refractivity contribution in [3.05, 3.63) is 69.8 Å². The van der Waals surface area contributed by atoms with E-state index in [1.165, 1.54) is 0 Å². The second kappa shape index (κ2) is 6.03. The number of carbonyl (C=O) groups is 1. The summed E-state index contributed by atoms with van der Waals surface area (Å²) in [6, 6.07) is 12.8. The number of nitrogens with one attached hydrogen (secondary N) is 1. The van der Waals surface area contributed by atoms with Crippen molar-refractivity contribution in [1.29, 1.82) is 0 Å². The highest BCUT2D eigenvalue weighted by Gasteiger charge is 2.21. The molecule has 0 radical (unpaired) electrons. The summed E-state index contributed by atoms with van der Waals surface area (Å²) in [5.41, 5.74) is 2.70. The number of aliphatic carboxylic acids is 1. The molecule has 0 saturated heterocycles. The third-order valence-corrected chi connectivity index (χ3v) is 4.15. The maximum absolute atomic E-state index is 11.3. The Hall–Kier alpha value is -1.97. The summed E-state index contributed by atoms with van der Waals surface area (Å²) in [6.45, 7) is 0. The first-order chi connectivity index (χ1) is 10.5. The number of aromatic amines is 1. The van der Waals surface area contributed by atoms with E-state index in [2.05, 4.69) is 4.98 Å². The standard InChI is InChI=1S/C17H13Cl2NO2/c18-11-3-1-2-10(6-11)13(8-17(21)22)15-9-20-16-5-4-12(19)7-14(15)16/h1-7,9,13,20H,8H2,(H,21,22)/t13-/m0/s1. The van der Waals surface area contributed by atoms with E-state index in [0.717, 1.165) is 22.0 Å². The first kappa shape index (κ1) is 14.9. The Morgan fingerprint density at radius 1 is 1.14 bits per heavy atom. The van der Waals surface area contributed by atoms with Gasteiger partial charge in [-0.15, -0.1) is 0 Å². The number of hydrogen-bond acceptors (Lipinski definition) is 1. The zero-order valence-corrected chi connectivity index (χ0v) is 13.0. The number of aromatic nitrogens is 1. The molecule has 0 unspecified atom stereocenters. The van der Waals surface area contributed by atoms with Crippen molar-refractivity contribution < 1.29 is 9.90 Å². The number of benzene rings is 2. The van der Waals surface area contributed by atoms with Crippen LogP contribution in [0.25, 0.3) is 10.9 Å². The molecule has 0 bridgehead atoms. The molecule has 1 aromatic heterocycles. The predicted octanol–water partition coefficient (Wildman–Crippen LogP) is 5.08. The Kier molecular flexibility index (Phi) is 4.10. The molecule has 0 aliphatic heterocycles. The lowest BCUT2D eigenvalue weighted by atomic mass is 9.88. The lowest BCUT2D eigenvalue weighted by Gasteiger charge is -2.15. The highest BCUT2D eigenvalue weighted by atomic mass is 35.5.